The van der Waals surface area contributed by atoms with E-state index < -0.39 is 10.8 Å². The van der Waals surface area contributed by atoms with Gasteiger partial charge in [0, 0.05) is 39.3 Å². The van der Waals surface area contributed by atoms with Crippen LogP contribution in [0.3, 0.4) is 0 Å². The van der Waals surface area contributed by atoms with Crippen LogP contribution in [-0.4, -0.2) is 0 Å². The van der Waals surface area contributed by atoms with Crippen LogP contribution in [0.1, 0.15) is 44.5 Å². The summed E-state index contributed by atoms with van der Waals surface area (Å²) in [6, 6.07) is 113. The number of benzene rings is 13. The molecule has 0 N–H and O–H groups in total. The van der Waals surface area contributed by atoms with Gasteiger partial charge in [0.2, 0.25) is 0 Å². The van der Waals surface area contributed by atoms with Gasteiger partial charge < -0.3 is 14.4 Å². The topological polar surface area (TPSA) is 21.7 Å². The average molecular weight is 1060 g/mol. The molecule has 83 heavy (non-hydrogen) atoms. The first-order valence-corrected chi connectivity index (χ1v) is 28.6. The van der Waals surface area contributed by atoms with Crippen LogP contribution in [0.2, 0.25) is 0 Å². The van der Waals surface area contributed by atoms with Crippen LogP contribution in [0.5, 0.6) is 23.0 Å². The Bertz CT molecular complexity index is 4640. The number of hydrogen-bond donors (Lipinski definition) is 0. The second-order valence-corrected chi connectivity index (χ2v) is 22.2. The van der Waals surface area contributed by atoms with Crippen LogP contribution >= 0.6 is 0 Å². The van der Waals surface area contributed by atoms with Crippen molar-refractivity contribution >= 4 is 17.1 Å². The van der Waals surface area contributed by atoms with Crippen LogP contribution in [0, 0.1) is 0 Å². The van der Waals surface area contributed by atoms with E-state index in [1.165, 1.54) is 77.9 Å². The SMILES string of the molecule is c1ccc(-c2ccc(-c3ccc(N(c4ccc(-c5ccc6c(c5)-c5ccccc5C65c6ccccc6Oc6ccccc65)cc4)c4cccc(-c5cccc6c5-c5ccccc5C65c6ccccc6Oc6ccccc65)c4)cc3)cc2)cc1. The van der Waals surface area contributed by atoms with E-state index in [4.69, 9.17) is 9.47 Å². The van der Waals surface area contributed by atoms with Gasteiger partial charge in [0.15, 0.2) is 0 Å². The molecule has 2 heterocycles. The van der Waals surface area contributed by atoms with Gasteiger partial charge in [-0.25, -0.2) is 0 Å². The van der Waals surface area contributed by atoms with E-state index in [-0.39, 0.29) is 0 Å². The minimum atomic E-state index is -0.562. The van der Waals surface area contributed by atoms with E-state index in [1.807, 2.05) is 0 Å². The Kier molecular flexibility index (Phi) is 10.4. The molecule has 0 fully saturated rings. The summed E-state index contributed by atoms with van der Waals surface area (Å²) in [6.45, 7) is 0. The van der Waals surface area contributed by atoms with Crippen molar-refractivity contribution in [2.45, 2.75) is 10.8 Å². The average Bonchev–Trinajstić information content (AvgIpc) is 3.49. The summed E-state index contributed by atoms with van der Waals surface area (Å²) in [5.41, 5.74) is 26.2. The first-order chi connectivity index (χ1) is 41.1. The zero-order chi connectivity index (χ0) is 54.6. The predicted octanol–water partition coefficient (Wildman–Crippen LogP) is 20.8. The minimum absolute atomic E-state index is 0.512. The summed E-state index contributed by atoms with van der Waals surface area (Å²) in [5, 5.41) is 0. The van der Waals surface area contributed by atoms with Crippen LogP contribution in [-0.2, 0) is 10.8 Å². The summed E-state index contributed by atoms with van der Waals surface area (Å²) in [5.74, 6) is 3.57. The van der Waals surface area contributed by atoms with Crippen molar-refractivity contribution in [3.05, 3.63) is 354 Å². The van der Waals surface area contributed by atoms with Gasteiger partial charge in [-0.05, 0) is 156 Å². The maximum absolute atomic E-state index is 6.69. The molecule has 0 atom stereocenters. The standard InChI is InChI=1S/C80H51NO2/c1-2-18-52(19-3-1)53-36-38-54(39-37-53)55-40-45-59(46-41-55)81(60-47-42-56(43-48-60)57-44-49-68-65(51-57)63-22-4-6-25-66(63)79(68)69-27-8-12-32-74(69)82-75-33-13-9-28-70(75)79)61-21-16-20-58(50-61)62-24-17-31-73-78(62)64-23-5-7-26-67(64)80(73)71-29-10-14-34-76(71)83-77-35-15-11-30-72(77)80/h1-51H. The van der Waals surface area contributed by atoms with E-state index in [0.717, 1.165) is 73.4 Å². The number of para-hydroxylation sites is 4. The van der Waals surface area contributed by atoms with Gasteiger partial charge in [0.25, 0.3) is 0 Å². The minimum Gasteiger partial charge on any atom is -0.457 e. The van der Waals surface area contributed by atoms with Gasteiger partial charge in [-0.2, -0.15) is 0 Å². The lowest BCUT2D eigenvalue weighted by atomic mass is 9.66. The van der Waals surface area contributed by atoms with E-state index in [0.29, 0.717) is 0 Å². The molecular weight excluding hydrogens is 1010 g/mol. The smallest absolute Gasteiger partial charge is 0.132 e. The van der Waals surface area contributed by atoms with Crippen molar-refractivity contribution in [1.29, 1.82) is 0 Å². The molecule has 0 bridgehead atoms. The van der Waals surface area contributed by atoms with Crippen molar-refractivity contribution in [2.75, 3.05) is 4.90 Å². The highest BCUT2D eigenvalue weighted by molar-refractivity contribution is 5.98. The molecule has 0 saturated heterocycles. The Labute approximate surface area is 483 Å². The maximum Gasteiger partial charge on any atom is 0.132 e. The fourth-order valence-electron chi connectivity index (χ4n) is 14.5. The maximum atomic E-state index is 6.69. The van der Waals surface area contributed by atoms with Gasteiger partial charge in [-0.3, -0.25) is 0 Å². The van der Waals surface area contributed by atoms with Gasteiger partial charge in [-0.15, -0.1) is 0 Å². The number of nitrogens with zero attached hydrogens (tertiary/aromatic N) is 1. The highest BCUT2D eigenvalue weighted by Crippen LogP contribution is 2.65. The van der Waals surface area contributed by atoms with E-state index in [2.05, 4.69) is 314 Å². The van der Waals surface area contributed by atoms with Gasteiger partial charge >= 0.3 is 0 Å². The van der Waals surface area contributed by atoms with Crippen molar-refractivity contribution < 1.29 is 9.47 Å². The number of fused-ring (bicyclic) bond motifs is 18. The van der Waals surface area contributed by atoms with Crippen LogP contribution in [0.25, 0.3) is 66.8 Å². The molecule has 2 spiro atoms. The Morgan fingerprint density at radius 1 is 0.205 bits per heavy atom. The second-order valence-electron chi connectivity index (χ2n) is 22.2. The lowest BCUT2D eigenvalue weighted by Crippen LogP contribution is -2.32. The summed E-state index contributed by atoms with van der Waals surface area (Å²) in [4.78, 5) is 2.40. The third kappa shape index (κ3) is 6.92. The quantitative estimate of drug-likeness (QED) is 0.159. The summed E-state index contributed by atoms with van der Waals surface area (Å²) < 4.78 is 13.3. The molecule has 0 unspecified atom stereocenters. The highest BCUT2D eigenvalue weighted by atomic mass is 16.5. The van der Waals surface area contributed by atoms with E-state index in [1.54, 1.807) is 0 Å². The molecular formula is C80H51NO2. The lowest BCUT2D eigenvalue weighted by Gasteiger charge is -2.39. The normalized spacial score (nSPS) is 13.7. The van der Waals surface area contributed by atoms with Gasteiger partial charge in [0.05, 0.1) is 10.8 Å². The lowest BCUT2D eigenvalue weighted by molar-refractivity contribution is 0.436. The largest absolute Gasteiger partial charge is 0.457 e. The van der Waals surface area contributed by atoms with Gasteiger partial charge in [-0.1, -0.05) is 243 Å². The molecule has 13 aromatic rings. The fraction of sp³-hybridized carbons (Fsp3) is 0.0250. The highest BCUT2D eigenvalue weighted by Gasteiger charge is 2.53. The summed E-state index contributed by atoms with van der Waals surface area (Å²) >= 11 is 0. The molecule has 2 aliphatic heterocycles. The first kappa shape index (κ1) is 47.1. The molecule has 3 heteroatoms. The molecule has 0 aromatic heterocycles. The van der Waals surface area contributed by atoms with Crippen molar-refractivity contribution in [2.24, 2.45) is 0 Å². The zero-order valence-corrected chi connectivity index (χ0v) is 45.2. The van der Waals surface area contributed by atoms with E-state index in [9.17, 15) is 0 Å². The summed E-state index contributed by atoms with van der Waals surface area (Å²) in [6.07, 6.45) is 0. The van der Waals surface area contributed by atoms with Crippen molar-refractivity contribution in [3.8, 4) is 89.8 Å². The number of hydrogen-bond acceptors (Lipinski definition) is 3. The molecule has 13 aromatic carbocycles. The molecule has 4 aliphatic rings. The van der Waals surface area contributed by atoms with Gasteiger partial charge in [0.1, 0.15) is 23.0 Å². The van der Waals surface area contributed by atoms with Crippen molar-refractivity contribution in [1.82, 2.24) is 0 Å². The molecule has 3 nitrogen and oxygen atoms in total. The molecule has 17 rings (SSSR count). The van der Waals surface area contributed by atoms with Crippen LogP contribution in [0.4, 0.5) is 17.1 Å². The zero-order valence-electron chi connectivity index (χ0n) is 45.2. The first-order valence-electron chi connectivity index (χ1n) is 28.6. The third-order valence-corrected chi connectivity index (χ3v) is 18.0. The van der Waals surface area contributed by atoms with E-state index >= 15 is 0 Å². The molecule has 388 valence electrons. The number of anilines is 3. The number of ether oxygens (including phenoxy) is 2. The van der Waals surface area contributed by atoms with Crippen LogP contribution < -0.4 is 14.4 Å². The fourth-order valence-corrected chi connectivity index (χ4v) is 14.5. The second kappa shape index (κ2) is 18.4. The van der Waals surface area contributed by atoms with Crippen LogP contribution in [0.15, 0.2) is 309 Å². The Morgan fingerprint density at radius 2 is 0.566 bits per heavy atom. The third-order valence-electron chi connectivity index (χ3n) is 18.0. The molecule has 0 amide bonds. The Balaban J connectivity index is 0.790. The molecule has 0 radical (unpaired) electrons. The Hall–Kier alpha value is -10.7. The predicted molar refractivity (Wildman–Crippen MR) is 338 cm³/mol. The molecule has 0 saturated carbocycles. The summed E-state index contributed by atoms with van der Waals surface area (Å²) in [7, 11) is 0. The van der Waals surface area contributed by atoms with Crippen molar-refractivity contribution in [3.63, 3.8) is 0 Å². The monoisotopic (exact) mass is 1060 g/mol. The molecule has 2 aliphatic carbocycles. The number of rotatable bonds is 7. The Morgan fingerprint density at radius 3 is 1.12 bits per heavy atom.